The van der Waals surface area contributed by atoms with E-state index in [9.17, 15) is 4.79 Å². The molecule has 1 aromatic carbocycles. The normalized spacial score (nSPS) is 17.1. The molecular weight excluding hydrogens is 332 g/mol. The first kappa shape index (κ1) is 16.2. The maximum atomic E-state index is 13.1. The molecular formula is C17H20N8O. The van der Waals surface area contributed by atoms with Gasteiger partial charge in [0.2, 0.25) is 5.95 Å². The second-order valence-corrected chi connectivity index (χ2v) is 6.80. The molecule has 0 saturated carbocycles. The van der Waals surface area contributed by atoms with E-state index in [1.807, 2.05) is 37.1 Å². The summed E-state index contributed by atoms with van der Waals surface area (Å²) in [4.78, 5) is 15.0. The third-order valence-corrected chi connectivity index (χ3v) is 4.80. The number of amides is 1. The van der Waals surface area contributed by atoms with Gasteiger partial charge in [0.15, 0.2) is 0 Å². The number of hydrogen-bond acceptors (Lipinski definition) is 6. The SMILES string of the molecule is CC1=C(C(=O)Nc2ccc3[nH]ncc3c2)C(C(C)C)n2nnnc2N1C. The first-order valence-corrected chi connectivity index (χ1v) is 8.44. The van der Waals surface area contributed by atoms with Crippen LogP contribution in [0.1, 0.15) is 26.8 Å². The lowest BCUT2D eigenvalue weighted by Crippen LogP contribution is -2.37. The van der Waals surface area contributed by atoms with Crippen molar-refractivity contribution < 1.29 is 4.79 Å². The third kappa shape index (κ3) is 2.43. The molecule has 1 aliphatic heterocycles. The first-order chi connectivity index (χ1) is 12.5. The van der Waals surface area contributed by atoms with E-state index in [0.29, 0.717) is 11.5 Å². The monoisotopic (exact) mass is 352 g/mol. The van der Waals surface area contributed by atoms with Gasteiger partial charge in [0.1, 0.15) is 0 Å². The van der Waals surface area contributed by atoms with E-state index < -0.39 is 0 Å². The second-order valence-electron chi connectivity index (χ2n) is 6.80. The lowest BCUT2D eigenvalue weighted by atomic mass is 9.92. The minimum Gasteiger partial charge on any atom is -0.322 e. The van der Waals surface area contributed by atoms with E-state index in [1.165, 1.54) is 0 Å². The van der Waals surface area contributed by atoms with Crippen LogP contribution in [0.2, 0.25) is 0 Å². The largest absolute Gasteiger partial charge is 0.322 e. The Kier molecular flexibility index (Phi) is 3.71. The molecule has 0 spiro atoms. The average molecular weight is 352 g/mol. The summed E-state index contributed by atoms with van der Waals surface area (Å²) in [7, 11) is 1.86. The van der Waals surface area contributed by atoms with E-state index in [2.05, 4.69) is 44.9 Å². The summed E-state index contributed by atoms with van der Waals surface area (Å²) < 4.78 is 1.71. The van der Waals surface area contributed by atoms with Crippen LogP contribution >= 0.6 is 0 Å². The Morgan fingerprint density at radius 3 is 2.92 bits per heavy atom. The standard InChI is InChI=1S/C17H20N8O/c1-9(2)15-14(10(3)24(4)17-21-22-23-25(15)17)16(26)19-12-5-6-13-11(7-12)8-18-20-13/h5-9,15H,1-4H3,(H,18,20)(H,19,26). The molecule has 0 aliphatic carbocycles. The number of fused-ring (bicyclic) bond motifs is 2. The third-order valence-electron chi connectivity index (χ3n) is 4.80. The van der Waals surface area contributed by atoms with Gasteiger partial charge in [0, 0.05) is 23.8 Å². The maximum absolute atomic E-state index is 13.1. The summed E-state index contributed by atoms with van der Waals surface area (Å²) in [6.07, 6.45) is 1.73. The quantitative estimate of drug-likeness (QED) is 0.748. The molecule has 3 aromatic rings. The highest BCUT2D eigenvalue weighted by Gasteiger charge is 2.37. The molecule has 4 rings (SSSR count). The highest BCUT2D eigenvalue weighted by Crippen LogP contribution is 2.37. The van der Waals surface area contributed by atoms with Gasteiger partial charge in [-0.2, -0.15) is 5.10 Å². The smallest absolute Gasteiger partial charge is 0.255 e. The summed E-state index contributed by atoms with van der Waals surface area (Å²) in [6, 6.07) is 5.42. The maximum Gasteiger partial charge on any atom is 0.255 e. The van der Waals surface area contributed by atoms with Gasteiger partial charge in [-0.15, -0.1) is 0 Å². The zero-order chi connectivity index (χ0) is 18.4. The fourth-order valence-corrected chi connectivity index (χ4v) is 3.39. The van der Waals surface area contributed by atoms with Crippen molar-refractivity contribution in [2.24, 2.45) is 5.92 Å². The van der Waals surface area contributed by atoms with E-state index in [-0.39, 0.29) is 17.9 Å². The molecule has 3 heterocycles. The molecule has 2 aromatic heterocycles. The molecule has 1 atom stereocenters. The minimum absolute atomic E-state index is 0.151. The van der Waals surface area contributed by atoms with E-state index in [4.69, 9.17) is 0 Å². The summed E-state index contributed by atoms with van der Waals surface area (Å²) in [5, 5.41) is 22.8. The van der Waals surface area contributed by atoms with Crippen LogP contribution in [0.5, 0.6) is 0 Å². The van der Waals surface area contributed by atoms with Crippen LogP contribution in [0.3, 0.4) is 0 Å². The Morgan fingerprint density at radius 2 is 2.15 bits per heavy atom. The topological polar surface area (TPSA) is 105 Å². The Bertz CT molecular complexity index is 1010. The van der Waals surface area contributed by atoms with Crippen molar-refractivity contribution in [3.8, 4) is 0 Å². The molecule has 9 heteroatoms. The molecule has 26 heavy (non-hydrogen) atoms. The Balaban J connectivity index is 1.71. The lowest BCUT2D eigenvalue weighted by Gasteiger charge is -2.34. The Labute approximate surface area is 150 Å². The van der Waals surface area contributed by atoms with Crippen LogP contribution in [0.4, 0.5) is 11.6 Å². The number of carbonyl (C=O) groups is 1. The van der Waals surface area contributed by atoms with Crippen LogP contribution in [-0.2, 0) is 4.79 Å². The molecule has 0 bridgehead atoms. The number of allylic oxidation sites excluding steroid dienone is 1. The zero-order valence-corrected chi connectivity index (χ0v) is 15.1. The van der Waals surface area contributed by atoms with Crippen LogP contribution < -0.4 is 10.2 Å². The van der Waals surface area contributed by atoms with Crippen LogP contribution in [-0.4, -0.2) is 43.4 Å². The predicted octanol–water partition coefficient (Wildman–Crippen LogP) is 2.11. The summed E-state index contributed by atoms with van der Waals surface area (Å²) in [6.45, 7) is 6.03. The molecule has 0 fully saturated rings. The van der Waals surface area contributed by atoms with Gasteiger partial charge in [-0.25, -0.2) is 4.68 Å². The van der Waals surface area contributed by atoms with Crippen molar-refractivity contribution >= 4 is 28.4 Å². The molecule has 134 valence electrons. The Morgan fingerprint density at radius 1 is 1.35 bits per heavy atom. The number of carbonyl (C=O) groups excluding carboxylic acids is 1. The number of tetrazole rings is 1. The van der Waals surface area contributed by atoms with Crippen molar-refractivity contribution in [1.29, 1.82) is 0 Å². The van der Waals surface area contributed by atoms with Crippen molar-refractivity contribution in [2.75, 3.05) is 17.3 Å². The summed E-state index contributed by atoms with van der Waals surface area (Å²) in [5.41, 5.74) is 3.15. The van der Waals surface area contributed by atoms with Gasteiger partial charge < -0.3 is 10.2 Å². The first-order valence-electron chi connectivity index (χ1n) is 8.44. The number of hydrogen-bond donors (Lipinski definition) is 2. The molecule has 1 aliphatic rings. The average Bonchev–Trinajstić information content (AvgIpc) is 3.25. The molecule has 0 saturated heterocycles. The number of aromatic nitrogens is 6. The molecule has 1 amide bonds. The number of anilines is 2. The van der Waals surface area contributed by atoms with Crippen LogP contribution in [0, 0.1) is 5.92 Å². The van der Waals surface area contributed by atoms with Crippen molar-refractivity contribution in [1.82, 2.24) is 30.4 Å². The lowest BCUT2D eigenvalue weighted by molar-refractivity contribution is -0.113. The summed E-state index contributed by atoms with van der Waals surface area (Å²) in [5.74, 6) is 0.632. The molecule has 1 unspecified atom stereocenters. The highest BCUT2D eigenvalue weighted by molar-refractivity contribution is 6.06. The van der Waals surface area contributed by atoms with Crippen molar-refractivity contribution in [3.63, 3.8) is 0 Å². The fraction of sp³-hybridized carbons (Fsp3) is 0.353. The number of rotatable bonds is 3. The Hall–Kier alpha value is -3.23. The number of nitrogens with one attached hydrogen (secondary N) is 2. The van der Waals surface area contributed by atoms with E-state index in [0.717, 1.165) is 22.3 Å². The minimum atomic E-state index is -0.228. The van der Waals surface area contributed by atoms with Crippen LogP contribution in [0.25, 0.3) is 10.9 Å². The van der Waals surface area contributed by atoms with E-state index in [1.54, 1.807) is 10.9 Å². The predicted molar refractivity (Wildman–Crippen MR) is 97.5 cm³/mol. The van der Waals surface area contributed by atoms with Gasteiger partial charge >= 0.3 is 0 Å². The fourth-order valence-electron chi connectivity index (χ4n) is 3.39. The molecule has 2 N–H and O–H groups in total. The van der Waals surface area contributed by atoms with Gasteiger partial charge in [0.25, 0.3) is 5.91 Å². The second kappa shape index (κ2) is 5.94. The van der Waals surface area contributed by atoms with Crippen LogP contribution in [0.15, 0.2) is 35.7 Å². The van der Waals surface area contributed by atoms with Crippen molar-refractivity contribution in [3.05, 3.63) is 35.7 Å². The van der Waals surface area contributed by atoms with Gasteiger partial charge in [-0.1, -0.05) is 18.9 Å². The number of H-pyrrole nitrogens is 1. The molecule has 0 radical (unpaired) electrons. The highest BCUT2D eigenvalue weighted by atomic mass is 16.1. The van der Waals surface area contributed by atoms with Crippen molar-refractivity contribution in [2.45, 2.75) is 26.8 Å². The van der Waals surface area contributed by atoms with E-state index >= 15 is 0 Å². The molecule has 9 nitrogen and oxygen atoms in total. The zero-order valence-electron chi connectivity index (χ0n) is 15.1. The number of benzene rings is 1. The number of aromatic amines is 1. The number of nitrogens with zero attached hydrogens (tertiary/aromatic N) is 6. The summed E-state index contributed by atoms with van der Waals surface area (Å²) >= 11 is 0. The van der Waals surface area contributed by atoms with Gasteiger partial charge in [-0.3, -0.25) is 9.89 Å². The van der Waals surface area contributed by atoms with Gasteiger partial charge in [-0.05, 0) is 41.5 Å². The van der Waals surface area contributed by atoms with Gasteiger partial charge in [0.05, 0.1) is 23.3 Å².